The highest BCUT2D eigenvalue weighted by molar-refractivity contribution is 5.14. The summed E-state index contributed by atoms with van der Waals surface area (Å²) in [7, 11) is 0. The Morgan fingerprint density at radius 3 is 2.50 bits per heavy atom. The monoisotopic (exact) mass is 248 g/mol. The van der Waals surface area contributed by atoms with E-state index in [1.54, 1.807) is 0 Å². The van der Waals surface area contributed by atoms with E-state index in [9.17, 15) is 0 Å². The quantitative estimate of drug-likeness (QED) is 0.861. The molecule has 1 heterocycles. The number of benzene rings is 1. The summed E-state index contributed by atoms with van der Waals surface area (Å²) in [6.07, 6.45) is 0. The number of rotatable bonds is 5. The van der Waals surface area contributed by atoms with Gasteiger partial charge in [0.1, 0.15) is 0 Å². The van der Waals surface area contributed by atoms with E-state index in [2.05, 4.69) is 54.4 Å². The minimum Gasteiger partial charge on any atom is -0.379 e. The van der Waals surface area contributed by atoms with Crippen LogP contribution in [-0.4, -0.2) is 43.3 Å². The highest BCUT2D eigenvalue weighted by atomic mass is 16.5. The lowest BCUT2D eigenvalue weighted by Gasteiger charge is -2.35. The van der Waals surface area contributed by atoms with Crippen LogP contribution in [0.15, 0.2) is 30.3 Å². The second-order valence-corrected chi connectivity index (χ2v) is 5.61. The van der Waals surface area contributed by atoms with Crippen LogP contribution in [-0.2, 0) is 11.3 Å². The number of ether oxygens (including phenoxy) is 1. The van der Waals surface area contributed by atoms with E-state index < -0.39 is 0 Å². The fourth-order valence-corrected chi connectivity index (χ4v) is 2.31. The number of nitrogens with zero attached hydrogens (tertiary/aromatic N) is 1. The highest BCUT2D eigenvalue weighted by Gasteiger charge is 2.22. The molecule has 1 aromatic rings. The molecule has 0 amide bonds. The van der Waals surface area contributed by atoms with Crippen molar-refractivity contribution in [1.29, 1.82) is 0 Å². The second-order valence-electron chi connectivity index (χ2n) is 5.61. The highest BCUT2D eigenvalue weighted by Crippen LogP contribution is 2.09. The van der Waals surface area contributed by atoms with E-state index in [-0.39, 0.29) is 5.54 Å². The van der Waals surface area contributed by atoms with Crippen molar-refractivity contribution in [3.05, 3.63) is 35.9 Å². The van der Waals surface area contributed by atoms with E-state index >= 15 is 0 Å². The Kier molecular flexibility index (Phi) is 4.75. The molecule has 0 aromatic heterocycles. The summed E-state index contributed by atoms with van der Waals surface area (Å²) in [5.41, 5.74) is 1.47. The van der Waals surface area contributed by atoms with Gasteiger partial charge in [-0.25, -0.2) is 0 Å². The van der Waals surface area contributed by atoms with Crippen LogP contribution in [0, 0.1) is 0 Å². The third-order valence-corrected chi connectivity index (χ3v) is 3.34. The molecule has 1 aliphatic heterocycles. The van der Waals surface area contributed by atoms with Gasteiger partial charge in [0, 0.05) is 31.7 Å². The van der Waals surface area contributed by atoms with Gasteiger partial charge in [0.15, 0.2) is 0 Å². The normalized spacial score (nSPS) is 17.9. The summed E-state index contributed by atoms with van der Waals surface area (Å²) in [4.78, 5) is 2.47. The van der Waals surface area contributed by atoms with Crippen molar-refractivity contribution in [2.45, 2.75) is 25.9 Å². The molecule has 0 unspecified atom stereocenters. The van der Waals surface area contributed by atoms with Crippen LogP contribution < -0.4 is 5.32 Å². The van der Waals surface area contributed by atoms with Gasteiger partial charge in [-0.15, -0.1) is 0 Å². The first kappa shape index (κ1) is 13.5. The smallest absolute Gasteiger partial charge is 0.0594 e. The summed E-state index contributed by atoms with van der Waals surface area (Å²) < 4.78 is 5.38. The predicted octanol–water partition coefficient (Wildman–Crippen LogP) is 1.89. The lowest BCUT2D eigenvalue weighted by Crippen LogP contribution is -2.51. The van der Waals surface area contributed by atoms with Crippen LogP contribution in [0.2, 0.25) is 0 Å². The van der Waals surface area contributed by atoms with E-state index in [0.29, 0.717) is 0 Å². The Balaban J connectivity index is 1.79. The van der Waals surface area contributed by atoms with Gasteiger partial charge in [-0.2, -0.15) is 0 Å². The molecule has 3 nitrogen and oxygen atoms in total. The summed E-state index contributed by atoms with van der Waals surface area (Å²) in [6.45, 7) is 10.4. The van der Waals surface area contributed by atoms with Crippen LogP contribution in [0.5, 0.6) is 0 Å². The molecule has 1 N–H and O–H groups in total. The van der Waals surface area contributed by atoms with Crippen molar-refractivity contribution in [3.63, 3.8) is 0 Å². The molecule has 1 saturated heterocycles. The Bertz CT molecular complexity index is 345. The average Bonchev–Trinajstić information content (AvgIpc) is 2.38. The van der Waals surface area contributed by atoms with E-state index in [0.717, 1.165) is 39.4 Å². The van der Waals surface area contributed by atoms with Gasteiger partial charge in [0.2, 0.25) is 0 Å². The molecule has 1 aromatic carbocycles. The zero-order valence-corrected chi connectivity index (χ0v) is 11.5. The Hall–Kier alpha value is -0.900. The van der Waals surface area contributed by atoms with E-state index in [4.69, 9.17) is 4.74 Å². The molecular formula is C15H24N2O. The first-order chi connectivity index (χ1) is 8.66. The zero-order chi connectivity index (χ0) is 12.8. The molecule has 3 heteroatoms. The molecule has 100 valence electrons. The van der Waals surface area contributed by atoms with Crippen LogP contribution in [0.1, 0.15) is 19.4 Å². The summed E-state index contributed by atoms with van der Waals surface area (Å²) in [5.74, 6) is 0. The van der Waals surface area contributed by atoms with Crippen LogP contribution in [0.25, 0.3) is 0 Å². The van der Waals surface area contributed by atoms with Crippen molar-refractivity contribution in [2.24, 2.45) is 0 Å². The molecule has 0 atom stereocenters. The minimum atomic E-state index is 0.132. The Morgan fingerprint density at radius 1 is 1.17 bits per heavy atom. The summed E-state index contributed by atoms with van der Waals surface area (Å²) in [6, 6.07) is 10.6. The standard InChI is InChI=1S/C15H24N2O/c1-15(2,13-17-8-10-18-11-9-17)16-12-14-6-4-3-5-7-14/h3-7,16H,8-13H2,1-2H3. The largest absolute Gasteiger partial charge is 0.379 e. The molecule has 1 fully saturated rings. The minimum absolute atomic E-state index is 0.132. The molecular weight excluding hydrogens is 224 g/mol. The Morgan fingerprint density at radius 2 is 1.83 bits per heavy atom. The second kappa shape index (κ2) is 6.32. The number of hydrogen-bond donors (Lipinski definition) is 1. The van der Waals surface area contributed by atoms with Crippen molar-refractivity contribution in [1.82, 2.24) is 10.2 Å². The molecule has 0 radical (unpaired) electrons. The zero-order valence-electron chi connectivity index (χ0n) is 11.5. The van der Waals surface area contributed by atoms with Crippen LogP contribution >= 0.6 is 0 Å². The lowest BCUT2D eigenvalue weighted by atomic mass is 10.0. The Labute approximate surface area is 110 Å². The predicted molar refractivity (Wildman–Crippen MR) is 74.6 cm³/mol. The molecule has 1 aliphatic rings. The van der Waals surface area contributed by atoms with Gasteiger partial charge in [-0.1, -0.05) is 30.3 Å². The van der Waals surface area contributed by atoms with Gasteiger partial charge < -0.3 is 10.1 Å². The van der Waals surface area contributed by atoms with Crippen molar-refractivity contribution in [2.75, 3.05) is 32.8 Å². The number of morpholine rings is 1. The van der Waals surface area contributed by atoms with Crippen molar-refractivity contribution >= 4 is 0 Å². The summed E-state index contributed by atoms with van der Waals surface area (Å²) >= 11 is 0. The molecule has 0 spiro atoms. The number of nitrogens with one attached hydrogen (secondary N) is 1. The maximum atomic E-state index is 5.38. The molecule has 18 heavy (non-hydrogen) atoms. The van der Waals surface area contributed by atoms with Gasteiger partial charge >= 0.3 is 0 Å². The molecule has 0 aliphatic carbocycles. The van der Waals surface area contributed by atoms with Crippen molar-refractivity contribution < 1.29 is 4.74 Å². The van der Waals surface area contributed by atoms with E-state index in [1.165, 1.54) is 5.56 Å². The fourth-order valence-electron chi connectivity index (χ4n) is 2.31. The number of hydrogen-bond acceptors (Lipinski definition) is 3. The van der Waals surface area contributed by atoms with Gasteiger partial charge in [0.25, 0.3) is 0 Å². The van der Waals surface area contributed by atoms with Gasteiger partial charge in [-0.3, -0.25) is 4.90 Å². The fraction of sp³-hybridized carbons (Fsp3) is 0.600. The van der Waals surface area contributed by atoms with Gasteiger partial charge in [0.05, 0.1) is 13.2 Å². The van der Waals surface area contributed by atoms with Gasteiger partial charge in [-0.05, 0) is 19.4 Å². The topological polar surface area (TPSA) is 24.5 Å². The molecule has 0 bridgehead atoms. The molecule has 0 saturated carbocycles. The maximum absolute atomic E-state index is 5.38. The van der Waals surface area contributed by atoms with Crippen LogP contribution in [0.4, 0.5) is 0 Å². The summed E-state index contributed by atoms with van der Waals surface area (Å²) in [5, 5.41) is 3.64. The third-order valence-electron chi connectivity index (χ3n) is 3.34. The first-order valence-electron chi connectivity index (χ1n) is 6.75. The van der Waals surface area contributed by atoms with Crippen molar-refractivity contribution in [3.8, 4) is 0 Å². The van der Waals surface area contributed by atoms with E-state index in [1.807, 2.05) is 0 Å². The maximum Gasteiger partial charge on any atom is 0.0594 e. The third kappa shape index (κ3) is 4.41. The first-order valence-corrected chi connectivity index (χ1v) is 6.75. The SMILES string of the molecule is CC(C)(CN1CCOCC1)NCc1ccccc1. The van der Waals surface area contributed by atoms with Crippen LogP contribution in [0.3, 0.4) is 0 Å². The molecule has 2 rings (SSSR count). The lowest BCUT2D eigenvalue weighted by molar-refractivity contribution is 0.0269. The average molecular weight is 248 g/mol.